The summed E-state index contributed by atoms with van der Waals surface area (Å²) in [6.07, 6.45) is 3.17. The second kappa shape index (κ2) is 9.89. The summed E-state index contributed by atoms with van der Waals surface area (Å²) in [4.78, 5) is 31.6. The van der Waals surface area contributed by atoms with E-state index in [1.807, 2.05) is 31.2 Å². The van der Waals surface area contributed by atoms with Crippen molar-refractivity contribution >= 4 is 28.8 Å². The number of rotatable bonds is 7. The topological polar surface area (TPSA) is 87.5 Å². The third-order valence-electron chi connectivity index (χ3n) is 5.41. The van der Waals surface area contributed by atoms with Gasteiger partial charge in [0.25, 0.3) is 5.91 Å². The smallest absolute Gasteiger partial charge is 0.291 e. The number of amides is 2. The van der Waals surface area contributed by atoms with Crippen LogP contribution in [0.2, 0.25) is 0 Å². The first-order valence-electron chi connectivity index (χ1n) is 10.4. The van der Waals surface area contributed by atoms with Gasteiger partial charge in [0.15, 0.2) is 5.76 Å². The van der Waals surface area contributed by atoms with E-state index in [-0.39, 0.29) is 23.5 Å². The summed E-state index contributed by atoms with van der Waals surface area (Å²) >= 11 is 1.68. The van der Waals surface area contributed by atoms with E-state index in [0.717, 1.165) is 48.7 Å². The van der Waals surface area contributed by atoms with Crippen LogP contribution in [0.4, 0.5) is 5.69 Å². The Labute approximate surface area is 185 Å². The normalized spacial score (nSPS) is 15.0. The zero-order valence-corrected chi connectivity index (χ0v) is 18.3. The monoisotopic (exact) mass is 438 g/mol. The van der Waals surface area contributed by atoms with Crippen LogP contribution in [0.3, 0.4) is 0 Å². The molecule has 7 nitrogen and oxygen atoms in total. The van der Waals surface area contributed by atoms with Crippen LogP contribution in [0, 0.1) is 12.8 Å². The largest absolute Gasteiger partial charge is 0.459 e. The number of hydrogen-bond acceptors (Lipinski definition) is 6. The summed E-state index contributed by atoms with van der Waals surface area (Å²) in [5, 5.41) is 9.05. The van der Waals surface area contributed by atoms with Crippen molar-refractivity contribution in [3.05, 3.63) is 70.1 Å². The number of carbonyl (C=O) groups is 2. The summed E-state index contributed by atoms with van der Waals surface area (Å²) in [5.74, 6) is 0.0881. The molecule has 0 spiro atoms. The van der Waals surface area contributed by atoms with Crippen LogP contribution in [0.25, 0.3) is 0 Å². The van der Waals surface area contributed by atoms with Crippen LogP contribution in [0.5, 0.6) is 0 Å². The maximum atomic E-state index is 12.6. The summed E-state index contributed by atoms with van der Waals surface area (Å²) in [5.41, 5.74) is 2.71. The maximum absolute atomic E-state index is 12.6. The number of aryl methyl sites for hydroxylation is 1. The molecule has 1 aliphatic heterocycles. The van der Waals surface area contributed by atoms with Gasteiger partial charge in [-0.2, -0.15) is 0 Å². The SMILES string of the molecule is Cc1nc(CN2CCC(C(=O)NCc3cccc(NC(=O)c4ccco4)c3)CC2)cs1. The summed E-state index contributed by atoms with van der Waals surface area (Å²) in [7, 11) is 0. The molecule has 1 saturated heterocycles. The van der Waals surface area contributed by atoms with Gasteiger partial charge in [-0.25, -0.2) is 4.98 Å². The van der Waals surface area contributed by atoms with Crippen molar-refractivity contribution in [2.75, 3.05) is 18.4 Å². The minimum absolute atomic E-state index is 0.0373. The highest BCUT2D eigenvalue weighted by Crippen LogP contribution is 2.20. The maximum Gasteiger partial charge on any atom is 0.291 e. The highest BCUT2D eigenvalue weighted by atomic mass is 32.1. The van der Waals surface area contributed by atoms with Crippen molar-refractivity contribution in [1.29, 1.82) is 0 Å². The fraction of sp³-hybridized carbons (Fsp3) is 0.348. The molecule has 3 heterocycles. The lowest BCUT2D eigenvalue weighted by Gasteiger charge is -2.30. The van der Waals surface area contributed by atoms with E-state index in [9.17, 15) is 9.59 Å². The Morgan fingerprint density at radius 3 is 2.77 bits per heavy atom. The van der Waals surface area contributed by atoms with E-state index >= 15 is 0 Å². The van der Waals surface area contributed by atoms with Crippen LogP contribution < -0.4 is 10.6 Å². The van der Waals surface area contributed by atoms with Crippen LogP contribution >= 0.6 is 11.3 Å². The molecule has 0 aliphatic carbocycles. The molecule has 1 aliphatic rings. The minimum atomic E-state index is -0.300. The molecule has 1 fully saturated rings. The van der Waals surface area contributed by atoms with Crippen LogP contribution in [0.15, 0.2) is 52.5 Å². The molecule has 0 saturated carbocycles. The van der Waals surface area contributed by atoms with E-state index in [4.69, 9.17) is 4.42 Å². The van der Waals surface area contributed by atoms with Gasteiger partial charge in [0.05, 0.1) is 17.0 Å². The Morgan fingerprint density at radius 1 is 1.23 bits per heavy atom. The Morgan fingerprint density at radius 2 is 2.06 bits per heavy atom. The van der Waals surface area contributed by atoms with Gasteiger partial charge >= 0.3 is 0 Å². The van der Waals surface area contributed by atoms with E-state index < -0.39 is 0 Å². The fourth-order valence-corrected chi connectivity index (χ4v) is 4.36. The van der Waals surface area contributed by atoms with E-state index in [0.29, 0.717) is 12.2 Å². The van der Waals surface area contributed by atoms with E-state index in [2.05, 4.69) is 25.9 Å². The lowest BCUT2D eigenvalue weighted by molar-refractivity contribution is -0.126. The van der Waals surface area contributed by atoms with E-state index in [1.54, 1.807) is 23.5 Å². The summed E-state index contributed by atoms with van der Waals surface area (Å²) in [6, 6.07) is 10.7. The predicted octanol–water partition coefficient (Wildman–Crippen LogP) is 3.83. The van der Waals surface area contributed by atoms with Gasteiger partial charge in [0.2, 0.25) is 5.91 Å². The number of nitrogens with zero attached hydrogens (tertiary/aromatic N) is 2. The van der Waals surface area contributed by atoms with Gasteiger partial charge in [-0.3, -0.25) is 14.5 Å². The number of piperidine rings is 1. The quantitative estimate of drug-likeness (QED) is 0.585. The third-order valence-corrected chi connectivity index (χ3v) is 6.23. The number of carbonyl (C=O) groups excluding carboxylic acids is 2. The van der Waals surface area contributed by atoms with Crippen LogP contribution in [0.1, 0.15) is 39.7 Å². The van der Waals surface area contributed by atoms with Crippen molar-refractivity contribution in [2.45, 2.75) is 32.9 Å². The average Bonchev–Trinajstić information content (AvgIpc) is 3.45. The second-order valence-electron chi connectivity index (χ2n) is 7.76. The van der Waals surface area contributed by atoms with Gasteiger partial charge in [0.1, 0.15) is 0 Å². The molecule has 8 heteroatoms. The first-order valence-corrected chi connectivity index (χ1v) is 11.3. The molecule has 3 aromatic rings. The first kappa shape index (κ1) is 21.3. The zero-order valence-electron chi connectivity index (χ0n) is 17.5. The number of hydrogen-bond donors (Lipinski definition) is 2. The standard InChI is InChI=1S/C23H26N4O3S/c1-16-25-20(15-31-16)14-27-9-7-18(8-10-27)22(28)24-13-17-4-2-5-19(12-17)26-23(29)21-6-3-11-30-21/h2-6,11-12,15,18H,7-10,13-14H2,1H3,(H,24,28)(H,26,29). The summed E-state index contributed by atoms with van der Waals surface area (Å²) < 4.78 is 5.11. The number of nitrogens with one attached hydrogen (secondary N) is 2. The van der Waals surface area contributed by atoms with Crippen LogP contribution in [-0.2, 0) is 17.9 Å². The number of anilines is 1. The van der Waals surface area contributed by atoms with Gasteiger partial charge < -0.3 is 15.1 Å². The van der Waals surface area contributed by atoms with Crippen molar-refractivity contribution < 1.29 is 14.0 Å². The Balaban J connectivity index is 1.23. The van der Waals surface area contributed by atoms with Crippen LogP contribution in [-0.4, -0.2) is 34.8 Å². The molecular formula is C23H26N4O3S. The van der Waals surface area contributed by atoms with Gasteiger partial charge in [-0.1, -0.05) is 12.1 Å². The Bertz CT molecular complexity index is 1020. The van der Waals surface area contributed by atoms with Gasteiger partial charge in [-0.05, 0) is 62.7 Å². The summed E-state index contributed by atoms with van der Waals surface area (Å²) in [6.45, 7) is 5.12. The molecule has 1 aromatic carbocycles. The highest BCUT2D eigenvalue weighted by Gasteiger charge is 2.25. The molecule has 0 bridgehead atoms. The molecule has 2 amide bonds. The number of benzene rings is 1. The molecule has 162 valence electrons. The molecule has 2 N–H and O–H groups in total. The molecule has 0 radical (unpaired) electrons. The average molecular weight is 439 g/mol. The van der Waals surface area contributed by atoms with E-state index in [1.165, 1.54) is 6.26 Å². The molecule has 4 rings (SSSR count). The van der Waals surface area contributed by atoms with Crippen molar-refractivity contribution in [3.63, 3.8) is 0 Å². The lowest BCUT2D eigenvalue weighted by atomic mass is 9.95. The second-order valence-corrected chi connectivity index (χ2v) is 8.82. The van der Waals surface area contributed by atoms with Crippen molar-refractivity contribution in [1.82, 2.24) is 15.2 Å². The molecular weight excluding hydrogens is 412 g/mol. The number of aromatic nitrogens is 1. The Kier molecular flexibility index (Phi) is 6.79. The third kappa shape index (κ3) is 5.80. The first-order chi connectivity index (χ1) is 15.1. The lowest BCUT2D eigenvalue weighted by Crippen LogP contribution is -2.40. The molecule has 2 aromatic heterocycles. The number of likely N-dealkylation sites (tertiary alicyclic amines) is 1. The number of thiazole rings is 1. The van der Waals surface area contributed by atoms with Gasteiger partial charge in [-0.15, -0.1) is 11.3 Å². The van der Waals surface area contributed by atoms with Crippen molar-refractivity contribution in [2.24, 2.45) is 5.92 Å². The molecule has 31 heavy (non-hydrogen) atoms. The fourth-order valence-electron chi connectivity index (χ4n) is 3.76. The van der Waals surface area contributed by atoms with Crippen molar-refractivity contribution in [3.8, 4) is 0 Å². The minimum Gasteiger partial charge on any atom is -0.459 e. The zero-order chi connectivity index (χ0) is 21.6. The van der Waals surface area contributed by atoms with Gasteiger partial charge in [0, 0.05) is 30.1 Å². The molecule has 0 unspecified atom stereocenters. The number of furan rings is 1. The Hall–Kier alpha value is -2.97. The predicted molar refractivity (Wildman–Crippen MR) is 120 cm³/mol. The highest BCUT2D eigenvalue weighted by molar-refractivity contribution is 7.09. The molecule has 0 atom stereocenters.